The average molecular weight is 717 g/mol. The summed E-state index contributed by atoms with van der Waals surface area (Å²) in [7, 11) is -2.85. The zero-order valence-corrected chi connectivity index (χ0v) is 29.3. The number of nitrogens with zero attached hydrogens (tertiary/aromatic N) is 2. The molecule has 4 aromatic carbocycles. The van der Waals surface area contributed by atoms with Gasteiger partial charge < -0.3 is 15.0 Å². The Bertz CT molecular complexity index is 1790. The van der Waals surface area contributed by atoms with Crippen LogP contribution in [0.15, 0.2) is 102 Å². The van der Waals surface area contributed by atoms with E-state index in [1.54, 1.807) is 36.4 Å². The molecule has 0 spiro atoms. The molecule has 47 heavy (non-hydrogen) atoms. The largest absolute Gasteiger partial charge is 0.495 e. The molecule has 12 heteroatoms. The number of rotatable bonds is 14. The Morgan fingerprint density at radius 3 is 2.13 bits per heavy atom. The van der Waals surface area contributed by atoms with Crippen molar-refractivity contribution in [3.63, 3.8) is 0 Å². The van der Waals surface area contributed by atoms with E-state index in [1.807, 2.05) is 44.2 Å². The van der Waals surface area contributed by atoms with Gasteiger partial charge in [-0.25, -0.2) is 8.42 Å². The molecule has 0 aliphatic rings. The van der Waals surface area contributed by atoms with Gasteiger partial charge in [0.15, 0.2) is 0 Å². The van der Waals surface area contributed by atoms with Crippen LogP contribution in [0, 0.1) is 0 Å². The van der Waals surface area contributed by atoms with E-state index in [4.69, 9.17) is 39.5 Å². The number of anilines is 1. The SMILES string of the molecule is CC[C@@H](C)NC(=O)[C@@H](Cc1ccccc1)N(Cc1ccc(Cl)cc1Cl)C(=O)CN(c1ccc(OC)c(Cl)c1)S(=O)(=O)c1ccccc1. The van der Waals surface area contributed by atoms with Gasteiger partial charge in [0.1, 0.15) is 18.3 Å². The monoisotopic (exact) mass is 715 g/mol. The summed E-state index contributed by atoms with van der Waals surface area (Å²) >= 11 is 19.2. The molecular weight excluding hydrogens is 681 g/mol. The number of sulfonamides is 1. The number of halogens is 3. The highest BCUT2D eigenvalue weighted by Gasteiger charge is 2.35. The Hall–Kier alpha value is -3.76. The van der Waals surface area contributed by atoms with Gasteiger partial charge >= 0.3 is 0 Å². The van der Waals surface area contributed by atoms with E-state index in [9.17, 15) is 18.0 Å². The van der Waals surface area contributed by atoms with Crippen LogP contribution in [0.1, 0.15) is 31.4 Å². The van der Waals surface area contributed by atoms with Gasteiger partial charge in [0.05, 0.1) is 22.7 Å². The molecule has 0 aliphatic heterocycles. The van der Waals surface area contributed by atoms with Crippen LogP contribution in [0.3, 0.4) is 0 Å². The van der Waals surface area contributed by atoms with E-state index >= 15 is 0 Å². The predicted octanol–water partition coefficient (Wildman–Crippen LogP) is 7.41. The number of amides is 2. The smallest absolute Gasteiger partial charge is 0.264 e. The van der Waals surface area contributed by atoms with Gasteiger partial charge in [-0.15, -0.1) is 0 Å². The van der Waals surface area contributed by atoms with Crippen LogP contribution < -0.4 is 14.4 Å². The highest BCUT2D eigenvalue weighted by molar-refractivity contribution is 7.92. The molecule has 0 saturated heterocycles. The summed E-state index contributed by atoms with van der Waals surface area (Å²) in [5.74, 6) is -0.684. The normalized spacial score (nSPS) is 12.6. The fourth-order valence-corrected chi connectivity index (χ4v) is 7.03. The average Bonchev–Trinajstić information content (AvgIpc) is 3.06. The van der Waals surface area contributed by atoms with Crippen LogP contribution in [-0.2, 0) is 32.6 Å². The van der Waals surface area contributed by atoms with Crippen LogP contribution >= 0.6 is 34.8 Å². The lowest BCUT2D eigenvalue weighted by molar-refractivity contribution is -0.140. The lowest BCUT2D eigenvalue weighted by atomic mass is 10.0. The summed E-state index contributed by atoms with van der Waals surface area (Å²) in [6, 6.07) is 25.2. The Balaban J connectivity index is 1.84. The van der Waals surface area contributed by atoms with Crippen LogP contribution in [0.25, 0.3) is 0 Å². The maximum absolute atomic E-state index is 14.6. The molecular formula is C35H36Cl3N3O5S. The zero-order chi connectivity index (χ0) is 34.1. The molecule has 4 rings (SSSR count). The first-order chi connectivity index (χ1) is 22.4. The number of carbonyl (C=O) groups is 2. The number of hydrogen-bond donors (Lipinski definition) is 1. The number of carbonyl (C=O) groups excluding carboxylic acids is 2. The number of nitrogens with one attached hydrogen (secondary N) is 1. The first-order valence-electron chi connectivity index (χ1n) is 14.9. The van der Waals surface area contributed by atoms with E-state index < -0.39 is 28.5 Å². The highest BCUT2D eigenvalue weighted by atomic mass is 35.5. The van der Waals surface area contributed by atoms with Crippen molar-refractivity contribution >= 4 is 62.3 Å². The van der Waals surface area contributed by atoms with Crippen molar-refractivity contribution in [2.24, 2.45) is 0 Å². The van der Waals surface area contributed by atoms with Crippen molar-refractivity contribution in [1.82, 2.24) is 10.2 Å². The molecule has 1 N–H and O–H groups in total. The van der Waals surface area contributed by atoms with Gasteiger partial charge in [-0.05, 0) is 66.9 Å². The zero-order valence-electron chi connectivity index (χ0n) is 26.2. The molecule has 8 nitrogen and oxygen atoms in total. The molecule has 0 radical (unpaired) electrons. The van der Waals surface area contributed by atoms with E-state index in [2.05, 4.69) is 5.32 Å². The van der Waals surface area contributed by atoms with Gasteiger partial charge in [-0.3, -0.25) is 13.9 Å². The Kier molecular flexibility index (Phi) is 12.6. The molecule has 2 atom stereocenters. The first kappa shape index (κ1) is 36.1. The second-order valence-electron chi connectivity index (χ2n) is 10.9. The van der Waals surface area contributed by atoms with Crippen molar-refractivity contribution in [2.45, 2.75) is 50.2 Å². The summed E-state index contributed by atoms with van der Waals surface area (Å²) in [5.41, 5.74) is 1.48. The third-order valence-corrected chi connectivity index (χ3v) is 10.3. The van der Waals surface area contributed by atoms with Gasteiger partial charge in [0.2, 0.25) is 11.8 Å². The summed E-state index contributed by atoms with van der Waals surface area (Å²) in [5, 5.41) is 3.87. The molecule has 0 aromatic heterocycles. The molecule has 0 aliphatic carbocycles. The minimum atomic E-state index is -4.29. The van der Waals surface area contributed by atoms with E-state index in [1.165, 1.54) is 42.3 Å². The number of benzene rings is 4. The van der Waals surface area contributed by atoms with Gasteiger partial charge in [0, 0.05) is 29.1 Å². The highest BCUT2D eigenvalue weighted by Crippen LogP contribution is 2.32. The lowest BCUT2D eigenvalue weighted by Gasteiger charge is -2.34. The van der Waals surface area contributed by atoms with Crippen LogP contribution in [-0.4, -0.2) is 50.9 Å². The first-order valence-corrected chi connectivity index (χ1v) is 17.5. The van der Waals surface area contributed by atoms with Crippen LogP contribution in [0.5, 0.6) is 5.75 Å². The standard InChI is InChI=1S/C35H36Cl3N3O5S/c1-4-24(2)39-35(43)32(19-25-11-7-5-8-12-25)40(22-26-15-16-27(36)20-30(26)37)34(42)23-41(28-17-18-33(46-3)31(38)21-28)47(44,45)29-13-9-6-10-14-29/h5-18,20-21,24,32H,4,19,22-23H2,1-3H3,(H,39,43)/t24-,32-/m1/s1. The molecule has 4 aromatic rings. The summed E-state index contributed by atoms with van der Waals surface area (Å²) in [6.07, 6.45) is 0.835. The van der Waals surface area contributed by atoms with Crippen molar-refractivity contribution in [2.75, 3.05) is 18.0 Å². The number of ether oxygens (including phenoxy) is 1. The van der Waals surface area contributed by atoms with Crippen LogP contribution in [0.4, 0.5) is 5.69 Å². The molecule has 0 unspecified atom stereocenters. The van der Waals surface area contributed by atoms with Crippen molar-refractivity contribution in [1.29, 1.82) is 0 Å². The summed E-state index contributed by atoms with van der Waals surface area (Å²) in [4.78, 5) is 29.9. The fourth-order valence-electron chi connectivity index (χ4n) is 4.89. The Morgan fingerprint density at radius 2 is 1.53 bits per heavy atom. The number of hydrogen-bond acceptors (Lipinski definition) is 5. The molecule has 0 heterocycles. The second-order valence-corrected chi connectivity index (χ2v) is 14.0. The van der Waals surface area contributed by atoms with Crippen LogP contribution in [0.2, 0.25) is 15.1 Å². The molecule has 0 bridgehead atoms. The van der Waals surface area contributed by atoms with Gasteiger partial charge in [-0.1, -0.05) is 96.3 Å². The van der Waals surface area contributed by atoms with Crippen molar-refractivity contribution in [3.05, 3.63) is 123 Å². The summed E-state index contributed by atoms with van der Waals surface area (Å²) in [6.45, 7) is 3.08. The molecule has 2 amide bonds. The van der Waals surface area contributed by atoms with E-state index in [0.717, 1.165) is 9.87 Å². The molecule has 0 fully saturated rings. The van der Waals surface area contributed by atoms with Crippen molar-refractivity contribution < 1.29 is 22.7 Å². The number of methoxy groups -OCH3 is 1. The van der Waals surface area contributed by atoms with Crippen molar-refractivity contribution in [3.8, 4) is 5.75 Å². The maximum atomic E-state index is 14.6. The predicted molar refractivity (Wildman–Crippen MR) is 188 cm³/mol. The third kappa shape index (κ3) is 9.20. The molecule has 248 valence electrons. The maximum Gasteiger partial charge on any atom is 0.264 e. The second kappa shape index (κ2) is 16.4. The Morgan fingerprint density at radius 1 is 0.872 bits per heavy atom. The van der Waals surface area contributed by atoms with E-state index in [-0.39, 0.29) is 40.5 Å². The third-order valence-electron chi connectivity index (χ3n) is 7.66. The van der Waals surface area contributed by atoms with Gasteiger partial charge in [-0.2, -0.15) is 0 Å². The Labute approximate surface area is 291 Å². The van der Waals surface area contributed by atoms with E-state index in [0.29, 0.717) is 27.8 Å². The topological polar surface area (TPSA) is 96.0 Å². The summed E-state index contributed by atoms with van der Waals surface area (Å²) < 4.78 is 34.6. The minimum Gasteiger partial charge on any atom is -0.495 e. The lowest BCUT2D eigenvalue weighted by Crippen LogP contribution is -2.54. The molecule has 0 saturated carbocycles. The fraction of sp³-hybridized carbons (Fsp3) is 0.257. The quantitative estimate of drug-likeness (QED) is 0.147. The van der Waals surface area contributed by atoms with Gasteiger partial charge in [0.25, 0.3) is 10.0 Å². The minimum absolute atomic E-state index is 0.0256.